The molecule has 0 spiro atoms. The molecule has 0 aliphatic heterocycles. The Hall–Kier alpha value is -4.65. The van der Waals surface area contributed by atoms with Gasteiger partial charge in [0.25, 0.3) is 5.91 Å². The van der Waals surface area contributed by atoms with Crippen molar-refractivity contribution in [2.24, 2.45) is 5.73 Å². The number of rotatable bonds is 7. The molecule has 0 unspecified atom stereocenters. The third kappa shape index (κ3) is 4.45. The van der Waals surface area contributed by atoms with E-state index in [-0.39, 0.29) is 17.8 Å². The Labute approximate surface area is 196 Å². The van der Waals surface area contributed by atoms with E-state index < -0.39 is 0 Å². The van der Waals surface area contributed by atoms with Gasteiger partial charge in [0, 0.05) is 34.6 Å². The maximum atomic E-state index is 13.2. The number of amides is 1. The van der Waals surface area contributed by atoms with E-state index in [2.05, 4.69) is 15.3 Å². The quantitative estimate of drug-likeness (QED) is 0.185. The molecule has 1 atom stereocenters. The smallest absolute Gasteiger partial charge is 0.251 e. The first kappa shape index (κ1) is 21.2. The molecule has 0 radical (unpaired) electrons. The molecule has 6 N–H and O–H groups in total. The number of amidine groups is 1. The highest BCUT2D eigenvalue weighted by Gasteiger charge is 2.20. The fourth-order valence-corrected chi connectivity index (χ4v) is 3.98. The summed E-state index contributed by atoms with van der Waals surface area (Å²) in [7, 11) is 0. The van der Waals surface area contributed by atoms with Crippen molar-refractivity contribution in [3.05, 3.63) is 114 Å². The number of nitrogens with one attached hydrogen (secondary N) is 4. The van der Waals surface area contributed by atoms with Gasteiger partial charge in [0.2, 0.25) is 0 Å². The summed E-state index contributed by atoms with van der Waals surface area (Å²) in [4.78, 5) is 24.3. The van der Waals surface area contributed by atoms with Crippen LogP contribution in [0.2, 0.25) is 0 Å². The van der Waals surface area contributed by atoms with Gasteiger partial charge < -0.3 is 21.0 Å². The summed E-state index contributed by atoms with van der Waals surface area (Å²) in [5.74, 6) is 0.530. The van der Waals surface area contributed by atoms with Gasteiger partial charge in [-0.3, -0.25) is 10.2 Å². The lowest BCUT2D eigenvalue weighted by Crippen LogP contribution is -2.30. The molecule has 0 fully saturated rings. The van der Waals surface area contributed by atoms with Crippen LogP contribution in [0.1, 0.15) is 33.4 Å². The van der Waals surface area contributed by atoms with E-state index >= 15 is 0 Å². The van der Waals surface area contributed by atoms with Crippen LogP contribution in [0.15, 0.2) is 91.3 Å². The molecule has 0 aliphatic carbocycles. The van der Waals surface area contributed by atoms with E-state index in [4.69, 9.17) is 16.1 Å². The molecule has 1 amide bonds. The van der Waals surface area contributed by atoms with Crippen molar-refractivity contribution in [1.29, 1.82) is 5.41 Å². The molecular formula is C27H24N6O. The van der Waals surface area contributed by atoms with Crippen LogP contribution >= 0.6 is 0 Å². The molecule has 2 aromatic heterocycles. The molecule has 7 heteroatoms. The molecule has 7 nitrogen and oxygen atoms in total. The Kier molecular flexibility index (Phi) is 5.66. The van der Waals surface area contributed by atoms with Gasteiger partial charge >= 0.3 is 0 Å². The third-order valence-electron chi connectivity index (χ3n) is 5.82. The molecule has 34 heavy (non-hydrogen) atoms. The first-order chi connectivity index (χ1) is 16.6. The second-order valence-corrected chi connectivity index (χ2v) is 8.16. The molecule has 0 saturated carbocycles. The summed E-state index contributed by atoms with van der Waals surface area (Å²) in [5, 5.41) is 11.8. The van der Waals surface area contributed by atoms with Crippen molar-refractivity contribution in [3.63, 3.8) is 0 Å². The number of benzene rings is 3. The van der Waals surface area contributed by atoms with Crippen molar-refractivity contribution in [2.45, 2.75) is 12.5 Å². The molecule has 5 aromatic rings. The zero-order valence-electron chi connectivity index (χ0n) is 18.4. The summed E-state index contributed by atoms with van der Waals surface area (Å²) >= 11 is 0. The number of nitrogen functional groups attached to an aromatic ring is 1. The molecule has 2 heterocycles. The van der Waals surface area contributed by atoms with E-state index in [1.54, 1.807) is 12.1 Å². The fraction of sp³-hybridized carbons (Fsp3) is 0.0741. The Balaban J connectivity index is 1.42. The number of fused-ring (bicyclic) bond motifs is 1. The predicted molar refractivity (Wildman–Crippen MR) is 134 cm³/mol. The highest BCUT2D eigenvalue weighted by molar-refractivity contribution is 5.98. The lowest BCUT2D eigenvalue weighted by molar-refractivity contribution is 0.0935. The molecule has 168 valence electrons. The zero-order valence-corrected chi connectivity index (χ0v) is 18.4. The van der Waals surface area contributed by atoms with E-state index in [1.165, 1.54) is 0 Å². The first-order valence-electron chi connectivity index (χ1n) is 11.0. The average molecular weight is 449 g/mol. The summed E-state index contributed by atoms with van der Waals surface area (Å²) < 4.78 is 0. The largest absolute Gasteiger partial charge is 0.384 e. The number of H-pyrrole nitrogens is 2. The van der Waals surface area contributed by atoms with Gasteiger partial charge in [-0.15, -0.1) is 0 Å². The second-order valence-electron chi connectivity index (χ2n) is 8.16. The van der Waals surface area contributed by atoms with Crippen LogP contribution in [0.5, 0.6) is 0 Å². The predicted octanol–water partition coefficient (Wildman–Crippen LogP) is 4.56. The minimum Gasteiger partial charge on any atom is -0.384 e. The summed E-state index contributed by atoms with van der Waals surface area (Å²) in [6.07, 6.45) is 4.28. The first-order valence-corrected chi connectivity index (χ1v) is 11.0. The van der Waals surface area contributed by atoms with Crippen molar-refractivity contribution < 1.29 is 4.79 Å². The summed E-state index contributed by atoms with van der Waals surface area (Å²) in [5.41, 5.74) is 10.5. The van der Waals surface area contributed by atoms with Gasteiger partial charge in [0.1, 0.15) is 11.7 Å². The lowest BCUT2D eigenvalue weighted by atomic mass is 10.0. The molecule has 0 bridgehead atoms. The van der Waals surface area contributed by atoms with Crippen LogP contribution in [0.4, 0.5) is 0 Å². The highest BCUT2D eigenvalue weighted by Crippen LogP contribution is 2.23. The van der Waals surface area contributed by atoms with Crippen molar-refractivity contribution >= 4 is 22.6 Å². The number of nitrogens with zero attached hydrogens (tertiary/aromatic N) is 1. The van der Waals surface area contributed by atoms with Crippen LogP contribution in [-0.2, 0) is 6.42 Å². The van der Waals surface area contributed by atoms with Crippen LogP contribution in [0.3, 0.4) is 0 Å². The molecule has 0 aliphatic rings. The Morgan fingerprint density at radius 1 is 0.971 bits per heavy atom. The van der Waals surface area contributed by atoms with Crippen LogP contribution in [0.25, 0.3) is 22.2 Å². The number of nitrogens with two attached hydrogens (primary N) is 1. The number of carbonyl (C=O) groups excluding carboxylic acids is 1. The Morgan fingerprint density at radius 2 is 1.74 bits per heavy atom. The van der Waals surface area contributed by atoms with E-state index in [0.29, 0.717) is 23.4 Å². The van der Waals surface area contributed by atoms with Gasteiger partial charge in [-0.1, -0.05) is 60.7 Å². The summed E-state index contributed by atoms with van der Waals surface area (Å²) in [6, 6.07) is 24.6. The molecule has 3 aromatic carbocycles. The van der Waals surface area contributed by atoms with Crippen LogP contribution in [0, 0.1) is 5.41 Å². The third-order valence-corrected chi connectivity index (χ3v) is 5.82. The maximum absolute atomic E-state index is 13.2. The fourth-order valence-electron chi connectivity index (χ4n) is 3.98. The molecular weight excluding hydrogens is 424 g/mol. The van der Waals surface area contributed by atoms with Crippen molar-refractivity contribution in [3.8, 4) is 11.3 Å². The molecule has 5 rings (SSSR count). The topological polar surface area (TPSA) is 123 Å². The number of hydrogen-bond donors (Lipinski definition) is 5. The van der Waals surface area contributed by atoms with Crippen LogP contribution in [-0.4, -0.2) is 26.7 Å². The SMILES string of the molecule is N=C(N)c1ccc(-c2c[nH]c([C@H](Cc3ccccc3)NC(=O)c3ccc4cc[nH]c4c3)n2)cc1. The van der Waals surface area contributed by atoms with Crippen LogP contribution < -0.4 is 11.1 Å². The Morgan fingerprint density at radius 3 is 2.50 bits per heavy atom. The number of hydrogen-bond acceptors (Lipinski definition) is 3. The van der Waals surface area contributed by atoms with E-state index in [9.17, 15) is 4.79 Å². The maximum Gasteiger partial charge on any atom is 0.251 e. The van der Waals surface area contributed by atoms with Crippen molar-refractivity contribution in [2.75, 3.05) is 0 Å². The van der Waals surface area contributed by atoms with Gasteiger partial charge in [-0.25, -0.2) is 4.98 Å². The minimum absolute atomic E-state index is 0.0254. The van der Waals surface area contributed by atoms with Gasteiger partial charge in [0.05, 0.1) is 11.7 Å². The van der Waals surface area contributed by atoms with Gasteiger partial charge in [0.15, 0.2) is 0 Å². The monoisotopic (exact) mass is 448 g/mol. The average Bonchev–Trinajstić information content (AvgIpc) is 3.54. The van der Waals surface area contributed by atoms with E-state index in [0.717, 1.165) is 27.7 Å². The number of carbonyl (C=O) groups is 1. The highest BCUT2D eigenvalue weighted by atomic mass is 16.1. The van der Waals surface area contributed by atoms with Crippen molar-refractivity contribution in [1.82, 2.24) is 20.3 Å². The number of aromatic amines is 2. The normalized spacial score (nSPS) is 11.9. The Bertz CT molecular complexity index is 1450. The number of aromatic nitrogens is 3. The van der Waals surface area contributed by atoms with Gasteiger partial charge in [-0.2, -0.15) is 0 Å². The second kappa shape index (κ2) is 9.07. The van der Waals surface area contributed by atoms with Gasteiger partial charge in [-0.05, 0) is 35.6 Å². The standard InChI is InChI=1S/C27H24N6O/c28-25(29)20-9-6-18(7-10-20)24-16-31-26(32-24)23(14-17-4-2-1-3-5-17)33-27(34)21-11-8-19-12-13-30-22(19)15-21/h1-13,15-16,23,30H,14H2,(H3,28,29)(H,31,32)(H,33,34)/t23-/m0/s1. The molecule has 0 saturated heterocycles. The number of imidazole rings is 1. The lowest BCUT2D eigenvalue weighted by Gasteiger charge is -2.17. The van der Waals surface area contributed by atoms with E-state index in [1.807, 2.05) is 79.1 Å². The zero-order chi connectivity index (χ0) is 23.5. The minimum atomic E-state index is -0.348. The summed E-state index contributed by atoms with van der Waals surface area (Å²) in [6.45, 7) is 0.